The number of guanidine groups is 1. The van der Waals surface area contributed by atoms with Gasteiger partial charge < -0.3 is 25.6 Å². The highest BCUT2D eigenvalue weighted by Gasteiger charge is 2.28. The summed E-state index contributed by atoms with van der Waals surface area (Å²) in [5.74, 6) is 0.0839. The Hall–Kier alpha value is -1.79. The molecule has 2 saturated heterocycles. The molecule has 26 heavy (non-hydrogen) atoms. The van der Waals surface area contributed by atoms with E-state index >= 15 is 0 Å². The van der Waals surface area contributed by atoms with Gasteiger partial charge in [0.15, 0.2) is 5.96 Å². The number of hydrogen-bond acceptors (Lipinski definition) is 5. The van der Waals surface area contributed by atoms with Gasteiger partial charge in [0, 0.05) is 26.2 Å². The van der Waals surface area contributed by atoms with Gasteiger partial charge in [0.1, 0.15) is 5.60 Å². The molecule has 2 aliphatic heterocycles. The average molecular weight is 482 g/mol. The fourth-order valence-electron chi connectivity index (χ4n) is 2.49. The van der Waals surface area contributed by atoms with Gasteiger partial charge in [-0.2, -0.15) is 0 Å². The maximum absolute atomic E-state index is 12.0. The van der Waals surface area contributed by atoms with E-state index < -0.39 is 11.6 Å². The number of carbonyl (C=O) groups excluding carboxylic acids is 3. The second-order valence-electron chi connectivity index (χ2n) is 6.90. The first kappa shape index (κ1) is 22.3. The monoisotopic (exact) mass is 482 g/mol. The zero-order valence-electron chi connectivity index (χ0n) is 15.4. The van der Waals surface area contributed by atoms with Crippen molar-refractivity contribution in [2.45, 2.75) is 26.4 Å². The Labute approximate surface area is 170 Å². The normalized spacial score (nSPS) is 18.6. The molecule has 2 fully saturated rings. The predicted octanol–water partition coefficient (Wildman–Crippen LogP) is 0.0236. The van der Waals surface area contributed by atoms with Crippen LogP contribution in [0, 0.1) is 0 Å². The van der Waals surface area contributed by atoms with E-state index in [2.05, 4.69) is 10.3 Å². The number of nitrogens with two attached hydrogens (primary N) is 1. The molecule has 3 N–H and O–H groups in total. The summed E-state index contributed by atoms with van der Waals surface area (Å²) in [6.45, 7) is 8.07. The number of carbonyl (C=O) groups is 3. The van der Waals surface area contributed by atoms with Gasteiger partial charge in [-0.3, -0.25) is 14.7 Å². The lowest BCUT2D eigenvalue weighted by molar-refractivity contribution is -0.124. The second-order valence-corrected chi connectivity index (χ2v) is 6.90. The minimum atomic E-state index is -0.520. The number of nitrogens with one attached hydrogen (secondary N) is 1. The van der Waals surface area contributed by atoms with Crippen molar-refractivity contribution in [1.82, 2.24) is 20.0 Å². The molecular formula is C15H27IN6O4. The van der Waals surface area contributed by atoms with Crippen LogP contribution in [0.25, 0.3) is 0 Å². The molecule has 0 saturated carbocycles. The highest BCUT2D eigenvalue weighted by Crippen LogP contribution is 2.11. The summed E-state index contributed by atoms with van der Waals surface area (Å²) in [6, 6.07) is -0.398. The standard InChI is InChI=1S/C15H26N6O4.HI/c1-15(2,3)25-14(24)20-8-6-19(7-9-20)12(16)17-4-5-21-11(22)10-18-13(21)23;/h4-10H2,1-3H3,(H2,16,17)(H,18,23);1H. The van der Waals surface area contributed by atoms with E-state index in [4.69, 9.17) is 10.5 Å². The second kappa shape index (κ2) is 9.24. The third-order valence-electron chi connectivity index (χ3n) is 3.79. The lowest BCUT2D eigenvalue weighted by Gasteiger charge is -2.36. The fourth-order valence-corrected chi connectivity index (χ4v) is 2.49. The van der Waals surface area contributed by atoms with Crippen LogP contribution in [0.4, 0.5) is 9.59 Å². The first-order valence-electron chi connectivity index (χ1n) is 8.28. The van der Waals surface area contributed by atoms with Crippen molar-refractivity contribution < 1.29 is 19.1 Å². The quantitative estimate of drug-likeness (QED) is 0.253. The van der Waals surface area contributed by atoms with Crippen LogP contribution in [-0.4, -0.2) is 90.1 Å². The van der Waals surface area contributed by atoms with E-state index in [1.54, 1.807) is 4.90 Å². The number of hydrogen-bond donors (Lipinski definition) is 2. The molecule has 0 aliphatic carbocycles. The lowest BCUT2D eigenvalue weighted by atomic mass is 10.2. The number of urea groups is 1. The highest BCUT2D eigenvalue weighted by atomic mass is 127. The minimum absolute atomic E-state index is 0. The summed E-state index contributed by atoms with van der Waals surface area (Å²) in [5.41, 5.74) is 5.44. The topological polar surface area (TPSA) is 121 Å². The van der Waals surface area contributed by atoms with Crippen molar-refractivity contribution in [2.75, 3.05) is 45.8 Å². The van der Waals surface area contributed by atoms with Gasteiger partial charge in [-0.1, -0.05) is 0 Å². The Bertz CT molecular complexity index is 553. The van der Waals surface area contributed by atoms with Crippen LogP contribution in [0.1, 0.15) is 20.8 Å². The van der Waals surface area contributed by atoms with Crippen molar-refractivity contribution in [3.63, 3.8) is 0 Å². The molecule has 11 heteroatoms. The largest absolute Gasteiger partial charge is 0.444 e. The van der Waals surface area contributed by atoms with E-state index in [9.17, 15) is 14.4 Å². The number of rotatable bonds is 3. The summed E-state index contributed by atoms with van der Waals surface area (Å²) >= 11 is 0. The average Bonchev–Trinajstić information content (AvgIpc) is 2.85. The number of halogens is 1. The van der Waals surface area contributed by atoms with Gasteiger partial charge in [0.05, 0.1) is 19.6 Å². The molecule has 0 bridgehead atoms. The van der Waals surface area contributed by atoms with Crippen LogP contribution in [0.15, 0.2) is 4.99 Å². The maximum atomic E-state index is 12.0. The summed E-state index contributed by atoms with van der Waals surface area (Å²) < 4.78 is 5.35. The molecule has 0 radical (unpaired) electrons. The SMILES string of the molecule is CC(C)(C)OC(=O)N1CCN(C(N)=NCCN2C(=O)CNC2=O)CC1.I. The Kier molecular flexibility index (Phi) is 7.90. The number of imide groups is 1. The van der Waals surface area contributed by atoms with E-state index in [-0.39, 0.29) is 55.6 Å². The summed E-state index contributed by atoms with van der Waals surface area (Å²) in [7, 11) is 0. The third kappa shape index (κ3) is 6.18. The predicted molar refractivity (Wildman–Crippen MR) is 106 cm³/mol. The van der Waals surface area contributed by atoms with Crippen LogP contribution in [0.3, 0.4) is 0 Å². The first-order valence-corrected chi connectivity index (χ1v) is 8.28. The number of nitrogens with zero attached hydrogens (tertiary/aromatic N) is 4. The third-order valence-corrected chi connectivity index (χ3v) is 3.79. The summed E-state index contributed by atoms with van der Waals surface area (Å²) in [4.78, 5) is 43.8. The van der Waals surface area contributed by atoms with Gasteiger partial charge in [-0.25, -0.2) is 9.59 Å². The maximum Gasteiger partial charge on any atom is 0.410 e. The van der Waals surface area contributed by atoms with E-state index in [0.717, 1.165) is 4.90 Å². The number of aliphatic imine (C=N–C) groups is 1. The molecule has 0 aromatic carbocycles. The zero-order valence-corrected chi connectivity index (χ0v) is 17.7. The molecular weight excluding hydrogens is 455 g/mol. The fraction of sp³-hybridized carbons (Fsp3) is 0.733. The van der Waals surface area contributed by atoms with Crippen LogP contribution in [0.5, 0.6) is 0 Å². The van der Waals surface area contributed by atoms with E-state index in [1.807, 2.05) is 25.7 Å². The van der Waals surface area contributed by atoms with E-state index in [1.165, 1.54) is 0 Å². The van der Waals surface area contributed by atoms with E-state index in [0.29, 0.717) is 32.1 Å². The Morgan fingerprint density at radius 1 is 1.19 bits per heavy atom. The molecule has 0 spiro atoms. The molecule has 2 heterocycles. The van der Waals surface area contributed by atoms with Crippen LogP contribution >= 0.6 is 24.0 Å². The molecule has 2 aliphatic rings. The van der Waals surface area contributed by atoms with Crippen LogP contribution in [-0.2, 0) is 9.53 Å². The zero-order chi connectivity index (χ0) is 18.6. The van der Waals surface area contributed by atoms with Gasteiger partial charge >= 0.3 is 12.1 Å². The van der Waals surface area contributed by atoms with Gasteiger partial charge in [-0.15, -0.1) is 24.0 Å². The molecule has 148 valence electrons. The molecule has 10 nitrogen and oxygen atoms in total. The Morgan fingerprint density at radius 3 is 2.27 bits per heavy atom. The molecule has 2 rings (SSSR count). The molecule has 0 atom stereocenters. The van der Waals surface area contributed by atoms with Crippen LogP contribution < -0.4 is 11.1 Å². The molecule has 0 aromatic heterocycles. The molecule has 0 unspecified atom stereocenters. The molecule has 0 aromatic rings. The van der Waals surface area contributed by atoms with Gasteiger partial charge in [0.2, 0.25) is 5.91 Å². The number of piperazine rings is 1. The first-order chi connectivity index (χ1) is 11.7. The smallest absolute Gasteiger partial charge is 0.410 e. The van der Waals surface area contributed by atoms with Crippen molar-refractivity contribution in [3.05, 3.63) is 0 Å². The summed E-state index contributed by atoms with van der Waals surface area (Å²) in [6.07, 6.45) is -0.332. The number of ether oxygens (including phenoxy) is 1. The van der Waals surface area contributed by atoms with Crippen molar-refractivity contribution in [1.29, 1.82) is 0 Å². The van der Waals surface area contributed by atoms with Crippen molar-refractivity contribution in [3.8, 4) is 0 Å². The van der Waals surface area contributed by atoms with Crippen molar-refractivity contribution in [2.24, 2.45) is 10.7 Å². The van der Waals surface area contributed by atoms with Crippen LogP contribution in [0.2, 0.25) is 0 Å². The minimum Gasteiger partial charge on any atom is -0.444 e. The van der Waals surface area contributed by atoms with Gasteiger partial charge in [-0.05, 0) is 20.8 Å². The lowest BCUT2D eigenvalue weighted by Crippen LogP contribution is -2.53. The van der Waals surface area contributed by atoms with Crippen molar-refractivity contribution >= 4 is 48.0 Å². The highest BCUT2D eigenvalue weighted by molar-refractivity contribution is 14.0. The number of amides is 4. The Balaban J connectivity index is 0.00000338. The molecule has 4 amide bonds. The van der Waals surface area contributed by atoms with Gasteiger partial charge in [0.25, 0.3) is 0 Å². The Morgan fingerprint density at radius 2 is 1.77 bits per heavy atom. The summed E-state index contributed by atoms with van der Waals surface area (Å²) in [5, 5.41) is 2.45.